The fraction of sp³-hybridized carbons (Fsp3) is 0.222. The fourth-order valence-electron chi connectivity index (χ4n) is 2.74. The number of anilines is 1. The summed E-state index contributed by atoms with van der Waals surface area (Å²) in [4.78, 5) is 0. The number of sulfonamides is 1. The van der Waals surface area contributed by atoms with Crippen LogP contribution in [0.25, 0.3) is 17.2 Å². The van der Waals surface area contributed by atoms with Crippen LogP contribution in [0, 0.1) is 6.92 Å². The van der Waals surface area contributed by atoms with Crippen molar-refractivity contribution in [3.63, 3.8) is 0 Å². The zero-order valence-corrected chi connectivity index (χ0v) is 14.2. The highest BCUT2D eigenvalue weighted by molar-refractivity contribution is 7.93. The first-order valence-electron chi connectivity index (χ1n) is 7.67. The largest absolute Gasteiger partial charge is 0.516 e. The van der Waals surface area contributed by atoms with E-state index in [9.17, 15) is 21.6 Å². The molecule has 0 aliphatic carbocycles. The first-order valence-corrected chi connectivity index (χ1v) is 9.11. The molecule has 0 atom stereocenters. The minimum absolute atomic E-state index is 0.0435. The van der Waals surface area contributed by atoms with E-state index in [1.807, 2.05) is 31.2 Å². The van der Waals surface area contributed by atoms with E-state index < -0.39 is 15.5 Å². The maximum Gasteiger partial charge on any atom is 0.516 e. The lowest BCUT2D eigenvalue weighted by atomic mass is 10.0. The molecule has 7 heteroatoms. The van der Waals surface area contributed by atoms with Gasteiger partial charge in [0.25, 0.3) is 0 Å². The van der Waals surface area contributed by atoms with Gasteiger partial charge in [0, 0.05) is 6.54 Å². The minimum atomic E-state index is -5.43. The van der Waals surface area contributed by atoms with Gasteiger partial charge in [0.1, 0.15) is 0 Å². The molecule has 132 valence electrons. The molecule has 1 aliphatic heterocycles. The molecule has 2 aromatic rings. The Bertz CT molecular complexity index is 916. The molecule has 0 fully saturated rings. The molecule has 0 amide bonds. The summed E-state index contributed by atoms with van der Waals surface area (Å²) in [5, 5.41) is 0. The Labute approximate surface area is 144 Å². The highest BCUT2D eigenvalue weighted by Gasteiger charge is 2.50. The van der Waals surface area contributed by atoms with Crippen molar-refractivity contribution in [1.82, 2.24) is 0 Å². The summed E-state index contributed by atoms with van der Waals surface area (Å²) in [5.41, 5.74) is -2.01. The zero-order chi connectivity index (χ0) is 18.2. The first kappa shape index (κ1) is 17.5. The highest BCUT2D eigenvalue weighted by Crippen LogP contribution is 2.36. The van der Waals surface area contributed by atoms with E-state index in [0.29, 0.717) is 9.87 Å². The molecular formula is C18H16F3NO2S. The molecule has 3 rings (SSSR count). The van der Waals surface area contributed by atoms with Gasteiger partial charge in [-0.1, -0.05) is 48.0 Å². The number of fused-ring (bicyclic) bond motifs is 1. The molecule has 0 aromatic heterocycles. The van der Waals surface area contributed by atoms with Gasteiger partial charge < -0.3 is 0 Å². The van der Waals surface area contributed by atoms with E-state index >= 15 is 0 Å². The molecule has 0 saturated carbocycles. The Morgan fingerprint density at radius 2 is 1.64 bits per heavy atom. The van der Waals surface area contributed by atoms with Crippen molar-refractivity contribution in [3.8, 4) is 11.1 Å². The number of halogens is 3. The number of hydrogen-bond donors (Lipinski definition) is 0. The average molecular weight is 367 g/mol. The summed E-state index contributed by atoms with van der Waals surface area (Å²) in [5.74, 6) is 0. The minimum Gasteiger partial charge on any atom is -0.262 e. The van der Waals surface area contributed by atoms with E-state index in [0.717, 1.165) is 16.7 Å². The average Bonchev–Trinajstić information content (AvgIpc) is 2.76. The molecular weight excluding hydrogens is 351 g/mol. The van der Waals surface area contributed by atoms with Crippen LogP contribution >= 0.6 is 0 Å². The number of alkyl halides is 3. The molecule has 0 radical (unpaired) electrons. The lowest BCUT2D eigenvalue weighted by Gasteiger charge is -2.25. The van der Waals surface area contributed by atoms with Crippen LogP contribution in [0.1, 0.15) is 17.5 Å². The Morgan fingerprint density at radius 3 is 2.28 bits per heavy atom. The molecule has 25 heavy (non-hydrogen) atoms. The van der Waals surface area contributed by atoms with Crippen LogP contribution in [0.2, 0.25) is 0 Å². The first-order chi connectivity index (χ1) is 11.7. The van der Waals surface area contributed by atoms with Crippen LogP contribution in [0.4, 0.5) is 18.9 Å². The van der Waals surface area contributed by atoms with Gasteiger partial charge >= 0.3 is 15.5 Å². The lowest BCUT2D eigenvalue weighted by molar-refractivity contribution is -0.0438. The number of aryl methyl sites for hydroxylation is 1. The predicted molar refractivity (Wildman–Crippen MR) is 92.6 cm³/mol. The van der Waals surface area contributed by atoms with E-state index in [-0.39, 0.29) is 18.7 Å². The van der Waals surface area contributed by atoms with Crippen molar-refractivity contribution in [2.24, 2.45) is 0 Å². The summed E-state index contributed by atoms with van der Waals surface area (Å²) < 4.78 is 63.2. The monoisotopic (exact) mass is 367 g/mol. The summed E-state index contributed by atoms with van der Waals surface area (Å²) in [6.07, 6.45) is 3.56. The van der Waals surface area contributed by atoms with Crippen molar-refractivity contribution < 1.29 is 21.6 Å². The third-order valence-corrected chi connectivity index (χ3v) is 5.60. The van der Waals surface area contributed by atoms with E-state index in [1.54, 1.807) is 24.3 Å². The van der Waals surface area contributed by atoms with Crippen LogP contribution in [0.5, 0.6) is 0 Å². The van der Waals surface area contributed by atoms with Gasteiger partial charge in [-0.05, 0) is 42.2 Å². The number of nitrogens with zero attached hydrogens (tertiary/aromatic N) is 1. The van der Waals surface area contributed by atoms with Gasteiger partial charge in [-0.3, -0.25) is 4.31 Å². The molecule has 1 heterocycles. The third-order valence-electron chi connectivity index (χ3n) is 4.06. The molecule has 0 N–H and O–H groups in total. The predicted octanol–water partition coefficient (Wildman–Crippen LogP) is 4.73. The Balaban J connectivity index is 2.09. The standard InChI is InChI=1S/C18H16F3NO2S/c1-13-5-7-14(8-6-13)15-9-10-17-16(12-15)4-2-3-11-22(17)25(23,24)18(19,20)21/h2,4-10,12H,3,11H2,1H3. The second kappa shape index (κ2) is 6.22. The van der Waals surface area contributed by atoms with E-state index in [2.05, 4.69) is 0 Å². The van der Waals surface area contributed by atoms with Gasteiger partial charge in [-0.15, -0.1) is 0 Å². The number of hydrogen-bond acceptors (Lipinski definition) is 2. The molecule has 0 spiro atoms. The van der Waals surface area contributed by atoms with Gasteiger partial charge in [0.2, 0.25) is 0 Å². The van der Waals surface area contributed by atoms with E-state index in [4.69, 9.17) is 0 Å². The van der Waals surface area contributed by atoms with Crippen molar-refractivity contribution in [1.29, 1.82) is 0 Å². The fourth-order valence-corrected chi connectivity index (χ4v) is 3.76. The maximum absolute atomic E-state index is 13.0. The van der Waals surface area contributed by atoms with Crippen LogP contribution in [0.3, 0.4) is 0 Å². The SMILES string of the molecule is Cc1ccc(-c2ccc3c(c2)C=CCCN3S(=O)(=O)C(F)(F)F)cc1. The number of rotatable bonds is 2. The highest BCUT2D eigenvalue weighted by atomic mass is 32.2. The normalized spacial score (nSPS) is 15.0. The van der Waals surface area contributed by atoms with Crippen molar-refractivity contribution in [2.75, 3.05) is 10.8 Å². The van der Waals surface area contributed by atoms with Crippen LogP contribution < -0.4 is 4.31 Å². The zero-order valence-electron chi connectivity index (χ0n) is 13.4. The van der Waals surface area contributed by atoms with Crippen molar-refractivity contribution >= 4 is 21.8 Å². The van der Waals surface area contributed by atoms with Crippen molar-refractivity contribution in [2.45, 2.75) is 18.9 Å². The van der Waals surface area contributed by atoms with E-state index in [1.165, 1.54) is 6.07 Å². The number of benzene rings is 2. The lowest BCUT2D eigenvalue weighted by Crippen LogP contribution is -2.41. The molecule has 0 bridgehead atoms. The molecule has 0 saturated heterocycles. The quantitative estimate of drug-likeness (QED) is 0.769. The summed E-state index contributed by atoms with van der Waals surface area (Å²) >= 11 is 0. The van der Waals surface area contributed by atoms with Gasteiger partial charge in [-0.2, -0.15) is 21.6 Å². The molecule has 1 aliphatic rings. The third kappa shape index (κ3) is 3.28. The van der Waals surface area contributed by atoms with Gasteiger partial charge in [-0.25, -0.2) is 0 Å². The molecule has 2 aromatic carbocycles. The second-order valence-corrected chi connectivity index (χ2v) is 7.71. The smallest absolute Gasteiger partial charge is 0.262 e. The van der Waals surface area contributed by atoms with Gasteiger partial charge in [0.15, 0.2) is 0 Å². The second-order valence-electron chi connectivity index (χ2n) is 5.85. The maximum atomic E-state index is 13.0. The molecule has 0 unspecified atom stereocenters. The Morgan fingerprint density at radius 1 is 1.00 bits per heavy atom. The summed E-state index contributed by atoms with van der Waals surface area (Å²) in [6, 6.07) is 12.5. The van der Waals surface area contributed by atoms with Crippen molar-refractivity contribution in [3.05, 3.63) is 59.7 Å². The summed E-state index contributed by atoms with van der Waals surface area (Å²) in [6.45, 7) is 1.72. The topological polar surface area (TPSA) is 37.4 Å². The Hall–Kier alpha value is -2.28. The van der Waals surface area contributed by atoms with Crippen LogP contribution in [0.15, 0.2) is 48.5 Å². The van der Waals surface area contributed by atoms with Crippen LogP contribution in [-0.4, -0.2) is 20.5 Å². The molecule has 3 nitrogen and oxygen atoms in total. The summed E-state index contributed by atoms with van der Waals surface area (Å²) in [7, 11) is -5.43. The van der Waals surface area contributed by atoms with Crippen LogP contribution in [-0.2, 0) is 10.0 Å². The van der Waals surface area contributed by atoms with Gasteiger partial charge in [0.05, 0.1) is 5.69 Å². The Kier molecular flexibility index (Phi) is 4.36.